The minimum Gasteiger partial charge on any atom is -0.394 e. The summed E-state index contributed by atoms with van der Waals surface area (Å²) in [6.45, 7) is 10.2. The third kappa shape index (κ3) is 5.23. The van der Waals surface area contributed by atoms with E-state index in [1.54, 1.807) is 22.1 Å². The van der Waals surface area contributed by atoms with Crippen molar-refractivity contribution in [2.75, 3.05) is 36.8 Å². The number of allylic oxidation sites excluding steroid dienone is 1. The predicted octanol–water partition coefficient (Wildman–Crippen LogP) is 5.88. The Morgan fingerprint density at radius 2 is 1.84 bits per heavy atom. The minimum atomic E-state index is -1.47. The van der Waals surface area contributed by atoms with E-state index >= 15 is 8.78 Å². The van der Waals surface area contributed by atoms with Gasteiger partial charge in [0.2, 0.25) is 5.91 Å². The topological polar surface area (TPSA) is 121 Å². The number of piperazine rings is 1. The monoisotopic (exact) mass is 657 g/mol. The van der Waals surface area contributed by atoms with Gasteiger partial charge in [-0.1, -0.05) is 56.6 Å². The molecule has 0 saturated carbocycles. The molecule has 1 unspecified atom stereocenters. The largest absolute Gasteiger partial charge is 0.394 e. The van der Waals surface area contributed by atoms with Crippen molar-refractivity contribution in [3.8, 4) is 17.3 Å². The van der Waals surface area contributed by atoms with Crippen LogP contribution in [0, 0.1) is 40.6 Å². The van der Waals surface area contributed by atoms with Gasteiger partial charge in [-0.3, -0.25) is 19.1 Å². The first kappa shape index (κ1) is 32.1. The Bertz CT molecular complexity index is 1900. The number of nitrogens with two attached hydrogens (primary N) is 1. The molecule has 2 N–H and O–H groups in total. The van der Waals surface area contributed by atoms with Crippen molar-refractivity contribution in [1.82, 2.24) is 14.5 Å². The lowest BCUT2D eigenvalue weighted by molar-refractivity contribution is -0.126. The van der Waals surface area contributed by atoms with Crippen molar-refractivity contribution in [2.24, 2.45) is 16.8 Å². The van der Waals surface area contributed by atoms with Crippen LogP contribution in [0.2, 0.25) is 10.0 Å². The molecule has 2 aliphatic heterocycles. The van der Waals surface area contributed by atoms with Gasteiger partial charge in [-0.15, -0.1) is 0 Å². The Kier molecular flexibility index (Phi) is 8.70. The number of fused-ring (bicyclic) bond motifs is 1. The molecule has 9 nitrogen and oxygen atoms in total. The molecule has 0 radical (unpaired) electrons. The molecule has 2 aromatic heterocycles. The first-order chi connectivity index (χ1) is 21.3. The molecule has 5 rings (SSSR count). The van der Waals surface area contributed by atoms with Crippen LogP contribution in [0.5, 0.6) is 0 Å². The van der Waals surface area contributed by atoms with Crippen LogP contribution in [0.15, 0.2) is 40.8 Å². The van der Waals surface area contributed by atoms with Crippen molar-refractivity contribution < 1.29 is 18.0 Å². The van der Waals surface area contributed by atoms with E-state index < -0.39 is 51.0 Å². The van der Waals surface area contributed by atoms with E-state index in [2.05, 4.69) is 16.6 Å². The number of aliphatic imine (C=N–C) groups is 1. The van der Waals surface area contributed by atoms with Gasteiger partial charge in [0.25, 0.3) is 5.56 Å². The normalized spacial score (nSPS) is 18.4. The van der Waals surface area contributed by atoms with Gasteiger partial charge >= 0.3 is 0 Å². The molecule has 2 atom stereocenters. The number of anilines is 2. The lowest BCUT2D eigenvalue weighted by Gasteiger charge is -2.37. The van der Waals surface area contributed by atoms with Gasteiger partial charge in [0.15, 0.2) is 17.5 Å². The Labute approximate surface area is 266 Å². The summed E-state index contributed by atoms with van der Waals surface area (Å²) in [5.41, 5.74) is 3.07. The summed E-state index contributed by atoms with van der Waals surface area (Å²) in [7, 11) is 0. The molecule has 0 bridgehead atoms. The Morgan fingerprint density at radius 1 is 1.18 bits per heavy atom. The van der Waals surface area contributed by atoms with E-state index in [4.69, 9.17) is 28.9 Å². The molecule has 1 amide bonds. The number of pyridine rings is 2. The number of hydrogen-bond acceptors (Lipinski definition) is 7. The SMILES string of the molecule is C=CC(=O)N1CCN(c2c(C#N)c(=O)n([C@H]3C(C(C)C)=NC=CC3C)c3nc(-c4c(F)c(N)c(F)c(Cl)c4F)c(Cl)cc23)CC1. The number of rotatable bonds is 5. The Hall–Kier alpha value is -4.34. The average Bonchev–Trinajstić information content (AvgIpc) is 3.02. The lowest BCUT2D eigenvalue weighted by atomic mass is 9.88. The standard InChI is InChI=1S/C31H28Cl2F3N7O2/c1-5-19(44)41-8-10-42(11-9-41)29-16-12-18(32)27(20-22(34)21(33)24(36)25(38)23(20)35)40-30(16)43(31(45)17(29)13-37)28-15(4)6-7-39-26(28)14(2)3/h5-7,12,14-15,28H,1,8-11,38H2,2-4H3/t15?,28-/m1/s1. The quantitative estimate of drug-likeness (QED) is 0.158. The van der Waals surface area contributed by atoms with E-state index in [0.717, 1.165) is 0 Å². The summed E-state index contributed by atoms with van der Waals surface area (Å²) in [5, 5.41) is 9.29. The summed E-state index contributed by atoms with van der Waals surface area (Å²) < 4.78 is 46.4. The second-order valence-corrected chi connectivity index (χ2v) is 11.9. The number of carbonyl (C=O) groups excluding carboxylic acids is 1. The highest BCUT2D eigenvalue weighted by Crippen LogP contribution is 2.42. The van der Waals surface area contributed by atoms with E-state index in [0.29, 0.717) is 5.71 Å². The summed E-state index contributed by atoms with van der Waals surface area (Å²) >= 11 is 12.5. The molecule has 4 heterocycles. The number of nitrogen functional groups attached to an aromatic ring is 1. The smallest absolute Gasteiger partial charge is 0.272 e. The molecule has 1 aromatic carbocycles. The van der Waals surface area contributed by atoms with E-state index in [9.17, 15) is 19.2 Å². The molecular formula is C31H28Cl2F3N7O2. The molecule has 0 aliphatic carbocycles. The molecule has 234 valence electrons. The number of nitriles is 1. The minimum absolute atomic E-state index is 0.0451. The molecule has 1 fully saturated rings. The van der Waals surface area contributed by atoms with Crippen molar-refractivity contribution in [3.63, 3.8) is 0 Å². The summed E-state index contributed by atoms with van der Waals surface area (Å²) in [4.78, 5) is 39.0. The molecule has 1 saturated heterocycles. The molecule has 14 heteroatoms. The van der Waals surface area contributed by atoms with Crippen molar-refractivity contribution in [3.05, 3.63) is 74.4 Å². The van der Waals surface area contributed by atoms with Gasteiger partial charge in [-0.2, -0.15) is 5.26 Å². The maximum atomic E-state index is 15.4. The molecule has 2 aliphatic rings. The number of amides is 1. The summed E-state index contributed by atoms with van der Waals surface area (Å²) in [6.07, 6.45) is 4.64. The van der Waals surface area contributed by atoms with E-state index in [1.807, 2.05) is 26.8 Å². The predicted molar refractivity (Wildman–Crippen MR) is 169 cm³/mol. The van der Waals surface area contributed by atoms with Crippen LogP contribution in [0.3, 0.4) is 0 Å². The van der Waals surface area contributed by atoms with Crippen LogP contribution >= 0.6 is 23.2 Å². The molecule has 3 aromatic rings. The van der Waals surface area contributed by atoms with Gasteiger partial charge in [0, 0.05) is 49.4 Å². The first-order valence-corrected chi connectivity index (χ1v) is 14.8. The van der Waals surface area contributed by atoms with Crippen LogP contribution in [-0.4, -0.2) is 52.2 Å². The second kappa shape index (κ2) is 12.2. The van der Waals surface area contributed by atoms with Crippen LogP contribution in [-0.2, 0) is 4.79 Å². The van der Waals surface area contributed by atoms with E-state index in [1.165, 1.54) is 16.7 Å². The molecule has 0 spiro atoms. The van der Waals surface area contributed by atoms with E-state index in [-0.39, 0.29) is 71.2 Å². The van der Waals surface area contributed by atoms with Crippen LogP contribution in [0.4, 0.5) is 24.5 Å². The van der Waals surface area contributed by atoms with Crippen molar-refractivity contribution in [1.29, 1.82) is 5.26 Å². The number of halogens is 5. The number of carbonyl (C=O) groups is 1. The van der Waals surface area contributed by atoms with Gasteiger partial charge in [0.1, 0.15) is 28.0 Å². The zero-order chi connectivity index (χ0) is 32.9. The fraction of sp³-hybridized carbons (Fsp3) is 0.323. The summed E-state index contributed by atoms with van der Waals surface area (Å²) in [6, 6.07) is 2.67. The van der Waals surface area contributed by atoms with Crippen molar-refractivity contribution >= 4 is 57.2 Å². The fourth-order valence-electron chi connectivity index (χ4n) is 5.87. The van der Waals surface area contributed by atoms with Gasteiger partial charge in [-0.05, 0) is 18.1 Å². The molecular weight excluding hydrogens is 630 g/mol. The van der Waals surface area contributed by atoms with Crippen LogP contribution in [0.25, 0.3) is 22.3 Å². The lowest BCUT2D eigenvalue weighted by Crippen LogP contribution is -2.49. The van der Waals surface area contributed by atoms with Crippen LogP contribution in [0.1, 0.15) is 32.4 Å². The number of aromatic nitrogens is 2. The maximum Gasteiger partial charge on any atom is 0.272 e. The zero-order valence-electron chi connectivity index (χ0n) is 24.5. The average molecular weight is 659 g/mol. The number of benzene rings is 1. The van der Waals surface area contributed by atoms with Gasteiger partial charge in [-0.25, -0.2) is 18.2 Å². The van der Waals surface area contributed by atoms with Gasteiger partial charge < -0.3 is 15.5 Å². The second-order valence-electron chi connectivity index (χ2n) is 11.1. The Balaban J connectivity index is 1.88. The highest BCUT2D eigenvalue weighted by atomic mass is 35.5. The third-order valence-electron chi connectivity index (χ3n) is 8.12. The van der Waals surface area contributed by atoms with Crippen LogP contribution < -0.4 is 16.2 Å². The third-order valence-corrected chi connectivity index (χ3v) is 8.74. The number of nitrogens with zero attached hydrogens (tertiary/aromatic N) is 6. The highest BCUT2D eigenvalue weighted by molar-refractivity contribution is 6.34. The zero-order valence-corrected chi connectivity index (χ0v) is 26.1. The Morgan fingerprint density at radius 3 is 2.44 bits per heavy atom. The highest BCUT2D eigenvalue weighted by Gasteiger charge is 2.35. The number of hydrogen-bond donors (Lipinski definition) is 1. The fourth-order valence-corrected chi connectivity index (χ4v) is 6.31. The molecule has 45 heavy (non-hydrogen) atoms. The van der Waals surface area contributed by atoms with Gasteiger partial charge in [0.05, 0.1) is 28.0 Å². The summed E-state index contributed by atoms with van der Waals surface area (Å²) in [5.74, 6) is -5.11. The maximum absolute atomic E-state index is 15.4. The first-order valence-electron chi connectivity index (χ1n) is 14.0. The van der Waals surface area contributed by atoms with Crippen molar-refractivity contribution in [2.45, 2.75) is 26.8 Å².